The first-order chi connectivity index (χ1) is 7.63. The second-order valence-corrected chi connectivity index (χ2v) is 6.06. The van der Waals surface area contributed by atoms with Gasteiger partial charge in [-0.25, -0.2) is 0 Å². The van der Waals surface area contributed by atoms with Crippen LogP contribution in [-0.4, -0.2) is 42.3 Å². The van der Waals surface area contributed by atoms with E-state index in [0.29, 0.717) is 5.41 Å². The summed E-state index contributed by atoms with van der Waals surface area (Å²) in [6, 6.07) is 0. The van der Waals surface area contributed by atoms with Crippen molar-refractivity contribution in [3.05, 3.63) is 0 Å². The lowest BCUT2D eigenvalue weighted by molar-refractivity contribution is 0.0967. The maximum atomic E-state index is 9.55. The van der Waals surface area contributed by atoms with Crippen molar-refractivity contribution < 1.29 is 5.11 Å². The van der Waals surface area contributed by atoms with Gasteiger partial charge in [-0.3, -0.25) is 0 Å². The zero-order chi connectivity index (χ0) is 11.6. The number of nitrogens with zero attached hydrogens (tertiary/aromatic N) is 1. The van der Waals surface area contributed by atoms with Gasteiger partial charge in [-0.1, -0.05) is 19.8 Å². The fourth-order valence-electron chi connectivity index (χ4n) is 3.23. The lowest BCUT2D eigenvalue weighted by Crippen LogP contribution is -2.44. The van der Waals surface area contributed by atoms with E-state index in [1.807, 2.05) is 0 Å². The van der Waals surface area contributed by atoms with Gasteiger partial charge in [-0.2, -0.15) is 0 Å². The van der Waals surface area contributed by atoms with E-state index in [1.165, 1.54) is 25.7 Å². The molecule has 0 spiro atoms. The highest BCUT2D eigenvalue weighted by Crippen LogP contribution is 2.39. The molecule has 0 radical (unpaired) electrons. The average Bonchev–Trinajstić information content (AvgIpc) is 2.68. The number of β-amino-alcohol motifs (C(OH)–C–C–N with tert-alkyl or cyclic N) is 1. The van der Waals surface area contributed by atoms with E-state index in [9.17, 15) is 5.11 Å². The van der Waals surface area contributed by atoms with Crippen LogP contribution in [-0.2, 0) is 0 Å². The summed E-state index contributed by atoms with van der Waals surface area (Å²) in [7, 11) is 0. The van der Waals surface area contributed by atoms with Crippen molar-refractivity contribution in [2.24, 2.45) is 17.1 Å². The molecule has 3 nitrogen and oxygen atoms in total. The maximum Gasteiger partial charge on any atom is 0.0679 e. The summed E-state index contributed by atoms with van der Waals surface area (Å²) in [5, 5.41) is 9.55. The van der Waals surface area contributed by atoms with Crippen molar-refractivity contribution in [2.45, 2.75) is 45.1 Å². The number of nitrogens with two attached hydrogens (primary N) is 1. The number of aliphatic hydroxyl groups is 1. The Labute approximate surface area is 99.0 Å². The molecule has 1 saturated carbocycles. The van der Waals surface area contributed by atoms with E-state index in [1.54, 1.807) is 0 Å². The van der Waals surface area contributed by atoms with E-state index in [2.05, 4.69) is 11.8 Å². The van der Waals surface area contributed by atoms with Crippen LogP contribution in [0, 0.1) is 11.3 Å². The highest BCUT2D eigenvalue weighted by Gasteiger charge is 2.36. The molecule has 1 aliphatic heterocycles. The van der Waals surface area contributed by atoms with Gasteiger partial charge in [-0.05, 0) is 37.1 Å². The molecular weight excluding hydrogens is 200 g/mol. The Bertz CT molecular complexity index is 224. The van der Waals surface area contributed by atoms with Crippen molar-refractivity contribution in [1.82, 2.24) is 4.90 Å². The van der Waals surface area contributed by atoms with Crippen LogP contribution in [0.4, 0.5) is 0 Å². The Morgan fingerprint density at radius 1 is 1.31 bits per heavy atom. The van der Waals surface area contributed by atoms with Crippen molar-refractivity contribution in [2.75, 3.05) is 26.2 Å². The number of hydrogen-bond acceptors (Lipinski definition) is 3. The molecule has 1 unspecified atom stereocenters. The fraction of sp³-hybridized carbons (Fsp3) is 1.00. The summed E-state index contributed by atoms with van der Waals surface area (Å²) in [5.41, 5.74) is 6.35. The molecule has 1 saturated heterocycles. The van der Waals surface area contributed by atoms with Crippen LogP contribution in [0.5, 0.6) is 0 Å². The van der Waals surface area contributed by atoms with Crippen molar-refractivity contribution in [1.29, 1.82) is 0 Å². The molecule has 2 aliphatic rings. The standard InChI is InChI=1S/C13H26N2O/c1-11-2-5-13(9-14,6-3-11)10-15-7-4-12(16)8-15/h11-12,16H,2-10,14H2,1H3. The Hall–Kier alpha value is -0.120. The molecule has 16 heavy (non-hydrogen) atoms. The van der Waals surface area contributed by atoms with Crippen molar-refractivity contribution in [3.8, 4) is 0 Å². The summed E-state index contributed by atoms with van der Waals surface area (Å²) in [6.45, 7) is 6.18. The molecule has 0 bridgehead atoms. The summed E-state index contributed by atoms with van der Waals surface area (Å²) < 4.78 is 0. The fourth-order valence-corrected chi connectivity index (χ4v) is 3.23. The second kappa shape index (κ2) is 5.03. The minimum atomic E-state index is -0.0997. The Morgan fingerprint density at radius 2 is 2.00 bits per heavy atom. The van der Waals surface area contributed by atoms with E-state index in [-0.39, 0.29) is 6.10 Å². The van der Waals surface area contributed by atoms with Crippen LogP contribution in [0.15, 0.2) is 0 Å². The van der Waals surface area contributed by atoms with E-state index < -0.39 is 0 Å². The number of rotatable bonds is 3. The predicted octanol–water partition coefficient (Wildman–Crippen LogP) is 1.21. The van der Waals surface area contributed by atoms with Gasteiger partial charge < -0.3 is 15.7 Å². The predicted molar refractivity (Wildman–Crippen MR) is 66.2 cm³/mol. The molecule has 94 valence electrons. The normalized spacial score (nSPS) is 41.4. The summed E-state index contributed by atoms with van der Waals surface area (Å²) >= 11 is 0. The van der Waals surface area contributed by atoms with Gasteiger partial charge in [0.1, 0.15) is 0 Å². The smallest absolute Gasteiger partial charge is 0.0679 e. The van der Waals surface area contributed by atoms with Crippen LogP contribution >= 0.6 is 0 Å². The molecule has 2 rings (SSSR count). The highest BCUT2D eigenvalue weighted by molar-refractivity contribution is 4.90. The van der Waals surface area contributed by atoms with Crippen LogP contribution in [0.3, 0.4) is 0 Å². The first-order valence-electron chi connectivity index (χ1n) is 6.74. The zero-order valence-corrected chi connectivity index (χ0v) is 10.5. The molecule has 0 aromatic heterocycles. The molecule has 0 aromatic carbocycles. The Morgan fingerprint density at radius 3 is 2.50 bits per heavy atom. The van der Waals surface area contributed by atoms with Crippen molar-refractivity contribution >= 4 is 0 Å². The first kappa shape index (κ1) is 12.3. The first-order valence-corrected chi connectivity index (χ1v) is 6.74. The summed E-state index contributed by atoms with van der Waals surface area (Å²) in [6.07, 6.45) is 6.05. The van der Waals surface area contributed by atoms with Gasteiger partial charge in [0.2, 0.25) is 0 Å². The van der Waals surface area contributed by atoms with Crippen LogP contribution < -0.4 is 5.73 Å². The van der Waals surface area contributed by atoms with Crippen LogP contribution in [0.1, 0.15) is 39.0 Å². The van der Waals surface area contributed by atoms with Gasteiger partial charge in [-0.15, -0.1) is 0 Å². The molecule has 3 heteroatoms. The third-order valence-electron chi connectivity index (χ3n) is 4.57. The topological polar surface area (TPSA) is 49.5 Å². The Balaban J connectivity index is 1.89. The minimum Gasteiger partial charge on any atom is -0.392 e. The number of likely N-dealkylation sites (tertiary alicyclic amines) is 1. The average molecular weight is 226 g/mol. The third kappa shape index (κ3) is 2.76. The van der Waals surface area contributed by atoms with Crippen LogP contribution in [0.2, 0.25) is 0 Å². The third-order valence-corrected chi connectivity index (χ3v) is 4.57. The largest absolute Gasteiger partial charge is 0.392 e. The monoisotopic (exact) mass is 226 g/mol. The van der Waals surface area contributed by atoms with Gasteiger partial charge in [0, 0.05) is 19.6 Å². The van der Waals surface area contributed by atoms with E-state index >= 15 is 0 Å². The van der Waals surface area contributed by atoms with Gasteiger partial charge in [0.05, 0.1) is 6.10 Å². The van der Waals surface area contributed by atoms with Gasteiger partial charge in [0.25, 0.3) is 0 Å². The molecule has 3 N–H and O–H groups in total. The van der Waals surface area contributed by atoms with E-state index in [4.69, 9.17) is 5.73 Å². The van der Waals surface area contributed by atoms with Gasteiger partial charge >= 0.3 is 0 Å². The lowest BCUT2D eigenvalue weighted by atomic mass is 9.70. The van der Waals surface area contributed by atoms with Crippen LogP contribution in [0.25, 0.3) is 0 Å². The number of aliphatic hydroxyl groups excluding tert-OH is 1. The molecule has 0 amide bonds. The molecular formula is C13H26N2O. The summed E-state index contributed by atoms with van der Waals surface area (Å²) in [4.78, 5) is 2.41. The SMILES string of the molecule is CC1CCC(CN)(CN2CCC(O)C2)CC1. The molecule has 1 heterocycles. The van der Waals surface area contributed by atoms with Gasteiger partial charge in [0.15, 0.2) is 0 Å². The molecule has 1 atom stereocenters. The lowest BCUT2D eigenvalue weighted by Gasteiger charge is -2.41. The maximum absolute atomic E-state index is 9.55. The molecule has 0 aromatic rings. The Kier molecular flexibility index (Phi) is 3.88. The number of hydrogen-bond donors (Lipinski definition) is 2. The summed E-state index contributed by atoms with van der Waals surface area (Å²) in [5.74, 6) is 0.879. The quantitative estimate of drug-likeness (QED) is 0.760. The van der Waals surface area contributed by atoms with Crippen molar-refractivity contribution in [3.63, 3.8) is 0 Å². The second-order valence-electron chi connectivity index (χ2n) is 6.06. The highest BCUT2D eigenvalue weighted by atomic mass is 16.3. The van der Waals surface area contributed by atoms with E-state index in [0.717, 1.165) is 38.5 Å². The molecule has 1 aliphatic carbocycles. The zero-order valence-electron chi connectivity index (χ0n) is 10.5. The minimum absolute atomic E-state index is 0.0997. The molecule has 2 fully saturated rings.